The molecule has 2 saturated heterocycles. The van der Waals surface area contributed by atoms with Gasteiger partial charge >= 0.3 is 6.03 Å². The SMILES string of the molecule is COCCN1CCN(C(=O)N[C@H]2CCCN(C3(Cc4cccc(Cl)c4)C(=O)Nc4cc(Cl)ccc43)C2)CC1. The second-order valence-electron chi connectivity index (χ2n) is 10.4. The van der Waals surface area contributed by atoms with E-state index in [9.17, 15) is 9.59 Å². The fraction of sp³-hybridized carbons (Fsp3) is 0.500. The predicted molar refractivity (Wildman–Crippen MR) is 150 cm³/mol. The number of carbonyl (C=O) groups excluding carboxylic acids is 2. The summed E-state index contributed by atoms with van der Waals surface area (Å²) < 4.78 is 5.18. The van der Waals surface area contributed by atoms with E-state index < -0.39 is 5.54 Å². The Kier molecular flexibility index (Phi) is 8.45. The highest BCUT2D eigenvalue weighted by atomic mass is 35.5. The Bertz CT molecular complexity index is 1170. The van der Waals surface area contributed by atoms with Gasteiger partial charge in [-0.15, -0.1) is 0 Å². The standard InChI is InChI=1S/C28H35Cl2N5O3/c1-38-15-14-33-10-12-34(13-11-33)27(37)31-23-6-3-9-35(19-23)28(18-20-4-2-5-21(29)16-20)24-8-7-22(30)17-25(24)32-26(28)36/h2,4-5,7-8,16-17,23H,3,6,9-15,18-19H2,1H3,(H,31,37)(H,32,36)/t23-,28?/m0/s1. The number of amides is 3. The summed E-state index contributed by atoms with van der Waals surface area (Å²) in [5.74, 6) is -0.0751. The average Bonchev–Trinajstić information content (AvgIpc) is 3.18. The number of hydrogen-bond acceptors (Lipinski definition) is 5. The Balaban J connectivity index is 1.34. The average molecular weight is 561 g/mol. The molecule has 0 bridgehead atoms. The molecule has 3 amide bonds. The summed E-state index contributed by atoms with van der Waals surface area (Å²) >= 11 is 12.6. The van der Waals surface area contributed by atoms with Crippen LogP contribution in [0.4, 0.5) is 10.5 Å². The molecule has 2 N–H and O–H groups in total. The van der Waals surface area contributed by atoms with E-state index in [2.05, 4.69) is 20.4 Å². The molecule has 0 spiro atoms. The maximum absolute atomic E-state index is 13.8. The summed E-state index contributed by atoms with van der Waals surface area (Å²) in [4.78, 5) is 33.4. The fourth-order valence-corrected chi connectivity index (χ4v) is 6.36. The molecule has 10 heteroatoms. The molecule has 0 radical (unpaired) electrons. The van der Waals surface area contributed by atoms with E-state index in [4.69, 9.17) is 27.9 Å². The first-order chi connectivity index (χ1) is 18.4. The van der Waals surface area contributed by atoms with E-state index in [1.807, 2.05) is 47.4 Å². The highest BCUT2D eigenvalue weighted by Gasteiger charge is 2.52. The van der Waals surface area contributed by atoms with E-state index in [1.54, 1.807) is 7.11 Å². The lowest BCUT2D eigenvalue weighted by atomic mass is 9.81. The smallest absolute Gasteiger partial charge is 0.317 e. The molecule has 2 aromatic carbocycles. The number of urea groups is 1. The number of ether oxygens (including phenoxy) is 1. The molecular weight excluding hydrogens is 525 g/mol. The molecule has 1 unspecified atom stereocenters. The van der Waals surface area contributed by atoms with E-state index in [0.29, 0.717) is 42.7 Å². The number of nitrogens with one attached hydrogen (secondary N) is 2. The number of halogens is 2. The fourth-order valence-electron chi connectivity index (χ4n) is 5.97. The Hall–Kier alpha value is -2.36. The van der Waals surface area contributed by atoms with Gasteiger partial charge in [0.1, 0.15) is 5.54 Å². The number of carbonyl (C=O) groups is 2. The third-order valence-electron chi connectivity index (χ3n) is 7.96. The van der Waals surface area contributed by atoms with Crippen LogP contribution in [0.2, 0.25) is 10.0 Å². The number of piperazine rings is 1. The van der Waals surface area contributed by atoms with Crippen LogP contribution in [0.5, 0.6) is 0 Å². The second kappa shape index (κ2) is 11.8. The zero-order valence-electron chi connectivity index (χ0n) is 21.7. The Morgan fingerprint density at radius 2 is 1.89 bits per heavy atom. The second-order valence-corrected chi connectivity index (χ2v) is 11.2. The molecule has 38 heavy (non-hydrogen) atoms. The molecule has 204 valence electrons. The maximum atomic E-state index is 13.8. The maximum Gasteiger partial charge on any atom is 0.317 e. The van der Waals surface area contributed by atoms with Crippen LogP contribution in [-0.2, 0) is 21.5 Å². The van der Waals surface area contributed by atoms with Gasteiger partial charge in [0.2, 0.25) is 5.91 Å². The van der Waals surface area contributed by atoms with Gasteiger partial charge in [-0.3, -0.25) is 14.6 Å². The van der Waals surface area contributed by atoms with Crippen molar-refractivity contribution in [1.82, 2.24) is 20.0 Å². The number of hydrogen-bond donors (Lipinski definition) is 2. The largest absolute Gasteiger partial charge is 0.383 e. The van der Waals surface area contributed by atoms with Gasteiger partial charge in [-0.05, 0) is 49.2 Å². The Morgan fingerprint density at radius 3 is 2.66 bits per heavy atom. The zero-order chi connectivity index (χ0) is 26.7. The molecule has 3 aliphatic rings. The summed E-state index contributed by atoms with van der Waals surface area (Å²) in [6.07, 6.45) is 2.22. The van der Waals surface area contributed by atoms with Crippen LogP contribution in [0.15, 0.2) is 42.5 Å². The third-order valence-corrected chi connectivity index (χ3v) is 8.43. The van der Waals surface area contributed by atoms with E-state index in [-0.39, 0.29) is 18.0 Å². The van der Waals surface area contributed by atoms with Gasteiger partial charge < -0.3 is 20.3 Å². The topological polar surface area (TPSA) is 77.2 Å². The molecular formula is C28H35Cl2N5O3. The summed E-state index contributed by atoms with van der Waals surface area (Å²) in [6, 6.07) is 13.2. The highest BCUT2D eigenvalue weighted by Crippen LogP contribution is 2.45. The molecule has 2 aromatic rings. The van der Waals surface area contributed by atoms with Crippen LogP contribution in [-0.4, -0.2) is 92.2 Å². The summed E-state index contributed by atoms with van der Waals surface area (Å²) in [5, 5.41) is 7.56. The van der Waals surface area contributed by atoms with Crippen LogP contribution in [0.25, 0.3) is 0 Å². The number of nitrogens with zero attached hydrogens (tertiary/aromatic N) is 3. The molecule has 3 heterocycles. The van der Waals surface area contributed by atoms with Crippen molar-refractivity contribution >= 4 is 40.8 Å². The lowest BCUT2D eigenvalue weighted by molar-refractivity contribution is -0.129. The first kappa shape index (κ1) is 27.2. The molecule has 5 rings (SSSR count). The number of methoxy groups -OCH3 is 1. The van der Waals surface area contributed by atoms with Gasteiger partial charge in [0.05, 0.1) is 6.61 Å². The molecule has 3 aliphatic heterocycles. The van der Waals surface area contributed by atoms with Crippen LogP contribution in [0.3, 0.4) is 0 Å². The van der Waals surface area contributed by atoms with Gasteiger partial charge in [-0.25, -0.2) is 4.79 Å². The van der Waals surface area contributed by atoms with Crippen LogP contribution >= 0.6 is 23.2 Å². The monoisotopic (exact) mass is 559 g/mol. The van der Waals surface area contributed by atoms with E-state index >= 15 is 0 Å². The van der Waals surface area contributed by atoms with Crippen LogP contribution < -0.4 is 10.6 Å². The first-order valence-corrected chi connectivity index (χ1v) is 14.0. The van der Waals surface area contributed by atoms with Crippen molar-refractivity contribution in [3.63, 3.8) is 0 Å². The summed E-state index contributed by atoms with van der Waals surface area (Å²) in [7, 11) is 1.71. The van der Waals surface area contributed by atoms with Gasteiger partial charge in [0.15, 0.2) is 0 Å². The Morgan fingerprint density at radius 1 is 1.11 bits per heavy atom. The van der Waals surface area contributed by atoms with Crippen molar-refractivity contribution in [1.29, 1.82) is 0 Å². The quantitative estimate of drug-likeness (QED) is 0.539. The zero-order valence-corrected chi connectivity index (χ0v) is 23.2. The lowest BCUT2D eigenvalue weighted by Gasteiger charge is -2.45. The van der Waals surface area contributed by atoms with E-state index in [0.717, 1.165) is 55.8 Å². The van der Waals surface area contributed by atoms with Crippen molar-refractivity contribution in [2.24, 2.45) is 0 Å². The van der Waals surface area contributed by atoms with Crippen LogP contribution in [0.1, 0.15) is 24.0 Å². The summed E-state index contributed by atoms with van der Waals surface area (Å²) in [5.41, 5.74) is 1.71. The number of likely N-dealkylation sites (tertiary alicyclic amines) is 1. The van der Waals surface area contributed by atoms with Crippen molar-refractivity contribution < 1.29 is 14.3 Å². The van der Waals surface area contributed by atoms with Crippen LogP contribution in [0, 0.1) is 0 Å². The minimum Gasteiger partial charge on any atom is -0.383 e. The molecule has 2 fully saturated rings. The van der Waals surface area contributed by atoms with Gasteiger partial charge in [0, 0.05) is 80.1 Å². The number of anilines is 1. The van der Waals surface area contributed by atoms with Gasteiger partial charge in [0.25, 0.3) is 0 Å². The number of piperidine rings is 1. The lowest BCUT2D eigenvalue weighted by Crippen LogP contribution is -2.61. The molecule has 0 saturated carbocycles. The van der Waals surface area contributed by atoms with Gasteiger partial charge in [-0.1, -0.05) is 41.4 Å². The molecule has 2 atom stereocenters. The number of rotatable bonds is 7. The van der Waals surface area contributed by atoms with Crippen molar-refractivity contribution in [2.75, 3.05) is 64.8 Å². The van der Waals surface area contributed by atoms with Gasteiger partial charge in [-0.2, -0.15) is 0 Å². The molecule has 8 nitrogen and oxygen atoms in total. The first-order valence-electron chi connectivity index (χ1n) is 13.3. The Labute approximate surface area is 234 Å². The summed E-state index contributed by atoms with van der Waals surface area (Å²) in [6.45, 7) is 5.99. The van der Waals surface area contributed by atoms with Crippen molar-refractivity contribution in [3.8, 4) is 0 Å². The van der Waals surface area contributed by atoms with Crippen molar-refractivity contribution in [2.45, 2.75) is 30.8 Å². The molecule has 0 aliphatic carbocycles. The predicted octanol–water partition coefficient (Wildman–Crippen LogP) is 3.82. The minimum atomic E-state index is -0.916. The van der Waals surface area contributed by atoms with Crippen molar-refractivity contribution in [3.05, 3.63) is 63.6 Å². The molecule has 0 aromatic heterocycles. The normalized spacial score (nSPS) is 24.2. The van der Waals surface area contributed by atoms with E-state index in [1.165, 1.54) is 0 Å². The highest BCUT2D eigenvalue weighted by molar-refractivity contribution is 6.31. The number of benzene rings is 2. The third kappa shape index (κ3) is 5.65. The minimum absolute atomic E-state index is 0.0322. The number of fused-ring (bicyclic) bond motifs is 1.